The number of carbonyl (C=O) groups is 2. The predicted octanol–water partition coefficient (Wildman–Crippen LogP) is 2.17. The zero-order valence-electron chi connectivity index (χ0n) is 11.4. The Balaban J connectivity index is 2.46. The second-order valence-electron chi connectivity index (χ2n) is 4.80. The average Bonchev–Trinajstić information content (AvgIpc) is 2.43. The van der Waals surface area contributed by atoms with Crippen LogP contribution in [-0.2, 0) is 4.79 Å². The molecule has 1 amide bonds. The normalized spacial score (nSPS) is 10.8. The van der Waals surface area contributed by atoms with Gasteiger partial charge in [0.2, 0.25) is 0 Å². The van der Waals surface area contributed by atoms with Crippen molar-refractivity contribution in [1.82, 2.24) is 9.88 Å². The summed E-state index contributed by atoms with van der Waals surface area (Å²) in [5.41, 5.74) is 1.20. The second kappa shape index (κ2) is 5.69. The molecule has 104 valence electrons. The number of hydrogen-bond acceptors (Lipinski definition) is 3. The average molecular weight is 272 g/mol. The van der Waals surface area contributed by atoms with Crippen molar-refractivity contribution in [2.45, 2.75) is 19.9 Å². The Bertz CT molecular complexity index is 647. The van der Waals surface area contributed by atoms with E-state index < -0.39 is 5.97 Å². The van der Waals surface area contributed by atoms with Crippen LogP contribution in [0.5, 0.6) is 0 Å². The van der Waals surface area contributed by atoms with Crippen LogP contribution in [0.15, 0.2) is 36.5 Å². The van der Waals surface area contributed by atoms with Crippen LogP contribution in [0.4, 0.5) is 0 Å². The van der Waals surface area contributed by atoms with Gasteiger partial charge in [-0.2, -0.15) is 0 Å². The van der Waals surface area contributed by atoms with E-state index in [1.165, 1.54) is 4.90 Å². The largest absolute Gasteiger partial charge is 0.480 e. The lowest BCUT2D eigenvalue weighted by molar-refractivity contribution is -0.138. The highest BCUT2D eigenvalue weighted by Crippen LogP contribution is 2.19. The van der Waals surface area contributed by atoms with Crippen LogP contribution in [0.25, 0.3) is 10.9 Å². The van der Waals surface area contributed by atoms with Gasteiger partial charge >= 0.3 is 5.97 Å². The molecule has 0 atom stereocenters. The molecule has 20 heavy (non-hydrogen) atoms. The van der Waals surface area contributed by atoms with E-state index in [-0.39, 0.29) is 18.5 Å². The number of benzene rings is 1. The summed E-state index contributed by atoms with van der Waals surface area (Å²) in [4.78, 5) is 29.0. The molecule has 0 aliphatic carbocycles. The maximum atomic E-state index is 12.6. The first-order valence-electron chi connectivity index (χ1n) is 6.37. The Morgan fingerprint density at radius 3 is 2.65 bits per heavy atom. The molecule has 0 bridgehead atoms. The van der Waals surface area contributed by atoms with Gasteiger partial charge < -0.3 is 10.0 Å². The smallest absolute Gasteiger partial charge is 0.323 e. The highest BCUT2D eigenvalue weighted by Gasteiger charge is 2.22. The lowest BCUT2D eigenvalue weighted by Gasteiger charge is -2.25. The number of aromatic nitrogens is 1. The molecule has 0 aliphatic heterocycles. The molecule has 0 spiro atoms. The SMILES string of the molecule is CC(C)N(CC(=O)O)C(=O)c1cccc2ncccc12. The van der Waals surface area contributed by atoms with Gasteiger partial charge in [-0.1, -0.05) is 12.1 Å². The van der Waals surface area contributed by atoms with Crippen LogP contribution in [0, 0.1) is 0 Å². The highest BCUT2D eigenvalue weighted by atomic mass is 16.4. The van der Waals surface area contributed by atoms with Gasteiger partial charge in [0.25, 0.3) is 5.91 Å². The van der Waals surface area contributed by atoms with Crippen LogP contribution in [-0.4, -0.2) is 39.5 Å². The predicted molar refractivity (Wildman–Crippen MR) is 75.6 cm³/mol. The van der Waals surface area contributed by atoms with Gasteiger partial charge in [0.05, 0.1) is 5.52 Å². The van der Waals surface area contributed by atoms with Crippen LogP contribution >= 0.6 is 0 Å². The fraction of sp³-hybridized carbons (Fsp3) is 0.267. The summed E-state index contributed by atoms with van der Waals surface area (Å²) in [5, 5.41) is 9.67. The zero-order chi connectivity index (χ0) is 14.7. The molecular formula is C15H16N2O3. The van der Waals surface area contributed by atoms with E-state index in [4.69, 9.17) is 5.11 Å². The molecule has 0 fully saturated rings. The van der Waals surface area contributed by atoms with Crippen molar-refractivity contribution in [1.29, 1.82) is 0 Å². The molecule has 2 aromatic rings. The van der Waals surface area contributed by atoms with E-state index in [1.54, 1.807) is 38.2 Å². The van der Waals surface area contributed by atoms with E-state index in [9.17, 15) is 9.59 Å². The number of pyridine rings is 1. The number of amides is 1. The van der Waals surface area contributed by atoms with Gasteiger partial charge in [0.15, 0.2) is 0 Å². The Labute approximate surface area is 116 Å². The third-order valence-corrected chi connectivity index (χ3v) is 3.07. The zero-order valence-corrected chi connectivity index (χ0v) is 11.4. The Morgan fingerprint density at radius 1 is 1.25 bits per heavy atom. The molecule has 0 radical (unpaired) electrons. The molecule has 5 heteroatoms. The van der Waals surface area contributed by atoms with E-state index in [0.29, 0.717) is 5.56 Å². The molecule has 2 rings (SSSR count). The summed E-state index contributed by atoms with van der Waals surface area (Å²) in [5.74, 6) is -1.31. The maximum Gasteiger partial charge on any atom is 0.323 e. The Hall–Kier alpha value is -2.43. The Morgan fingerprint density at radius 2 is 2.00 bits per heavy atom. The van der Waals surface area contributed by atoms with Crippen LogP contribution in [0.2, 0.25) is 0 Å². The van der Waals surface area contributed by atoms with Crippen molar-refractivity contribution in [2.75, 3.05) is 6.54 Å². The number of hydrogen-bond donors (Lipinski definition) is 1. The summed E-state index contributed by atoms with van der Waals surface area (Å²) in [6, 6.07) is 8.66. The number of rotatable bonds is 4. The molecule has 1 aromatic heterocycles. The summed E-state index contributed by atoms with van der Waals surface area (Å²) >= 11 is 0. The van der Waals surface area contributed by atoms with E-state index in [0.717, 1.165) is 10.9 Å². The number of carboxylic acid groups (broad SMARTS) is 1. The number of fused-ring (bicyclic) bond motifs is 1. The summed E-state index contributed by atoms with van der Waals surface area (Å²) in [7, 11) is 0. The van der Waals surface area contributed by atoms with Crippen LogP contribution in [0.3, 0.4) is 0 Å². The number of carbonyl (C=O) groups excluding carboxylic acids is 1. The number of aliphatic carboxylic acids is 1. The third-order valence-electron chi connectivity index (χ3n) is 3.07. The van der Waals surface area contributed by atoms with Crippen LogP contribution < -0.4 is 0 Å². The van der Waals surface area contributed by atoms with Crippen LogP contribution in [0.1, 0.15) is 24.2 Å². The molecule has 0 saturated carbocycles. The van der Waals surface area contributed by atoms with Crippen molar-refractivity contribution >= 4 is 22.8 Å². The molecule has 5 nitrogen and oxygen atoms in total. The molecule has 1 N–H and O–H groups in total. The maximum absolute atomic E-state index is 12.6. The molecule has 1 aromatic carbocycles. The monoisotopic (exact) mass is 272 g/mol. The number of carboxylic acids is 1. The van der Waals surface area contributed by atoms with E-state index in [1.807, 2.05) is 12.1 Å². The summed E-state index contributed by atoms with van der Waals surface area (Å²) in [6.07, 6.45) is 1.66. The fourth-order valence-electron chi connectivity index (χ4n) is 2.08. The standard InChI is InChI=1S/C15H16N2O3/c1-10(2)17(9-14(18)19)15(20)12-5-3-7-13-11(12)6-4-8-16-13/h3-8,10H,9H2,1-2H3,(H,18,19). The summed E-state index contributed by atoms with van der Waals surface area (Å²) in [6.45, 7) is 3.28. The molecule has 0 unspecified atom stereocenters. The number of nitrogens with zero attached hydrogens (tertiary/aromatic N) is 2. The minimum absolute atomic E-state index is 0.189. The molecule has 1 heterocycles. The molecule has 0 saturated heterocycles. The fourth-order valence-corrected chi connectivity index (χ4v) is 2.08. The quantitative estimate of drug-likeness (QED) is 0.926. The van der Waals surface area contributed by atoms with Crippen molar-refractivity contribution in [3.8, 4) is 0 Å². The molecule has 0 aliphatic rings. The third kappa shape index (κ3) is 2.77. The minimum atomic E-state index is -1.02. The van der Waals surface area contributed by atoms with E-state index >= 15 is 0 Å². The van der Waals surface area contributed by atoms with Crippen molar-refractivity contribution in [2.24, 2.45) is 0 Å². The van der Waals surface area contributed by atoms with Crippen molar-refractivity contribution < 1.29 is 14.7 Å². The van der Waals surface area contributed by atoms with E-state index in [2.05, 4.69) is 4.98 Å². The van der Waals surface area contributed by atoms with Gasteiger partial charge in [0.1, 0.15) is 6.54 Å². The van der Waals surface area contributed by atoms with Gasteiger partial charge in [0, 0.05) is 23.2 Å². The first-order valence-corrected chi connectivity index (χ1v) is 6.37. The second-order valence-corrected chi connectivity index (χ2v) is 4.80. The van der Waals surface area contributed by atoms with Crippen molar-refractivity contribution in [3.63, 3.8) is 0 Å². The molecular weight excluding hydrogens is 256 g/mol. The first-order chi connectivity index (χ1) is 9.50. The lowest BCUT2D eigenvalue weighted by atomic mass is 10.1. The van der Waals surface area contributed by atoms with Gasteiger partial charge in [-0.3, -0.25) is 14.6 Å². The van der Waals surface area contributed by atoms with Gasteiger partial charge in [-0.25, -0.2) is 0 Å². The van der Waals surface area contributed by atoms with Gasteiger partial charge in [-0.15, -0.1) is 0 Å². The minimum Gasteiger partial charge on any atom is -0.480 e. The topological polar surface area (TPSA) is 70.5 Å². The Kier molecular flexibility index (Phi) is 3.98. The van der Waals surface area contributed by atoms with Gasteiger partial charge in [-0.05, 0) is 32.0 Å². The highest BCUT2D eigenvalue weighted by molar-refractivity contribution is 6.06. The summed E-state index contributed by atoms with van der Waals surface area (Å²) < 4.78 is 0. The lowest BCUT2D eigenvalue weighted by Crippen LogP contribution is -2.40. The van der Waals surface area contributed by atoms with Crippen molar-refractivity contribution in [3.05, 3.63) is 42.1 Å². The first kappa shape index (κ1) is 14.0.